The number of hydrogen-bond donors (Lipinski definition) is 1. The Morgan fingerprint density at radius 1 is 1.53 bits per heavy atom. The summed E-state index contributed by atoms with van der Waals surface area (Å²) in [6.45, 7) is 2.93. The normalized spacial score (nSPS) is 20.9. The van der Waals surface area contributed by atoms with Crippen molar-refractivity contribution in [1.29, 1.82) is 0 Å². The first-order chi connectivity index (χ1) is 7.79. The maximum atomic E-state index is 5.52. The zero-order valence-electron chi connectivity index (χ0n) is 10.3. The van der Waals surface area contributed by atoms with Crippen molar-refractivity contribution in [3.63, 3.8) is 0 Å². The summed E-state index contributed by atoms with van der Waals surface area (Å²) < 4.78 is 0. The first kappa shape index (κ1) is 14.4. The molecule has 17 heavy (non-hydrogen) atoms. The van der Waals surface area contributed by atoms with Crippen molar-refractivity contribution in [2.24, 2.45) is 5.73 Å². The van der Waals surface area contributed by atoms with E-state index in [9.17, 15) is 0 Å². The molecular weight excluding hydrogens is 236 g/mol. The molecule has 0 radical (unpaired) electrons. The van der Waals surface area contributed by atoms with Crippen LogP contribution in [0.2, 0.25) is 0 Å². The van der Waals surface area contributed by atoms with Gasteiger partial charge in [0.2, 0.25) is 0 Å². The fourth-order valence-electron chi connectivity index (χ4n) is 2.30. The first-order valence-electron chi connectivity index (χ1n) is 6.00. The molecule has 2 N–H and O–H groups in total. The third kappa shape index (κ3) is 3.91. The molecule has 1 aliphatic rings. The highest BCUT2D eigenvalue weighted by Crippen LogP contribution is 2.24. The number of aromatic nitrogens is 2. The maximum Gasteiger partial charge on any atom is 0.129 e. The summed E-state index contributed by atoms with van der Waals surface area (Å²) in [6, 6.07) is 2.05. The molecule has 0 spiro atoms. The number of likely N-dealkylation sites (tertiary alicyclic amines) is 1. The molecule has 1 aromatic heterocycles. The Hall–Kier alpha value is -0.710. The van der Waals surface area contributed by atoms with Crippen molar-refractivity contribution < 1.29 is 0 Å². The van der Waals surface area contributed by atoms with Crippen LogP contribution < -0.4 is 5.73 Å². The van der Waals surface area contributed by atoms with Crippen molar-refractivity contribution in [3.05, 3.63) is 23.8 Å². The fraction of sp³-hybridized carbons (Fsp3) is 0.667. The maximum absolute atomic E-state index is 5.52. The molecule has 1 unspecified atom stereocenters. The highest BCUT2D eigenvalue weighted by Gasteiger charge is 2.20. The van der Waals surface area contributed by atoms with E-state index >= 15 is 0 Å². The van der Waals surface area contributed by atoms with Crippen LogP contribution in [0.4, 0.5) is 0 Å². The lowest BCUT2D eigenvalue weighted by atomic mass is 9.95. The number of piperidine rings is 1. The molecule has 96 valence electrons. The summed E-state index contributed by atoms with van der Waals surface area (Å²) >= 11 is 0. The summed E-state index contributed by atoms with van der Waals surface area (Å²) in [5, 5.41) is 0. The van der Waals surface area contributed by atoms with E-state index in [1.54, 1.807) is 0 Å². The highest BCUT2D eigenvalue weighted by atomic mass is 35.5. The molecule has 0 bridgehead atoms. The van der Waals surface area contributed by atoms with Crippen LogP contribution in [0.15, 0.2) is 12.3 Å². The Bertz CT molecular complexity index is 345. The SMILES string of the molecule is CN1CCCC(c2ccnc(CCN)n2)C1.Cl. The minimum Gasteiger partial charge on any atom is -0.330 e. The van der Waals surface area contributed by atoms with Crippen LogP contribution in [0.5, 0.6) is 0 Å². The minimum atomic E-state index is 0. The molecule has 1 aromatic rings. The van der Waals surface area contributed by atoms with E-state index in [-0.39, 0.29) is 12.4 Å². The molecule has 0 aliphatic carbocycles. The van der Waals surface area contributed by atoms with Gasteiger partial charge in [0.1, 0.15) is 5.82 Å². The van der Waals surface area contributed by atoms with E-state index in [1.165, 1.54) is 25.1 Å². The van der Waals surface area contributed by atoms with Gasteiger partial charge in [0.05, 0.1) is 0 Å². The van der Waals surface area contributed by atoms with Crippen LogP contribution in [-0.2, 0) is 6.42 Å². The van der Waals surface area contributed by atoms with E-state index in [0.717, 1.165) is 18.8 Å². The van der Waals surface area contributed by atoms with Gasteiger partial charge in [0.15, 0.2) is 0 Å². The molecule has 2 rings (SSSR count). The van der Waals surface area contributed by atoms with E-state index in [4.69, 9.17) is 5.73 Å². The third-order valence-electron chi connectivity index (χ3n) is 3.14. The second-order valence-corrected chi connectivity index (χ2v) is 4.54. The van der Waals surface area contributed by atoms with E-state index in [0.29, 0.717) is 12.5 Å². The Morgan fingerprint density at radius 3 is 3.06 bits per heavy atom. The van der Waals surface area contributed by atoms with Gasteiger partial charge in [-0.15, -0.1) is 12.4 Å². The standard InChI is InChI=1S/C12H20N4.ClH/c1-16-8-2-3-10(9-16)11-5-7-14-12(15-11)4-6-13;/h5,7,10H,2-4,6,8-9,13H2,1H3;1H. The van der Waals surface area contributed by atoms with E-state index in [2.05, 4.69) is 21.9 Å². The molecule has 0 saturated carbocycles. The van der Waals surface area contributed by atoms with Crippen LogP contribution in [0, 0.1) is 0 Å². The lowest BCUT2D eigenvalue weighted by Gasteiger charge is -2.29. The van der Waals surface area contributed by atoms with Crippen LogP contribution >= 0.6 is 12.4 Å². The highest BCUT2D eigenvalue weighted by molar-refractivity contribution is 5.85. The number of halogens is 1. The minimum absolute atomic E-state index is 0. The average Bonchev–Trinajstić information content (AvgIpc) is 2.30. The molecule has 0 aromatic carbocycles. The van der Waals surface area contributed by atoms with Crippen LogP contribution in [0.1, 0.15) is 30.3 Å². The molecule has 5 heteroatoms. The third-order valence-corrected chi connectivity index (χ3v) is 3.14. The van der Waals surface area contributed by atoms with E-state index in [1.807, 2.05) is 12.3 Å². The van der Waals surface area contributed by atoms with Gasteiger partial charge in [0.25, 0.3) is 0 Å². The van der Waals surface area contributed by atoms with Crippen molar-refractivity contribution in [3.8, 4) is 0 Å². The van der Waals surface area contributed by atoms with Gasteiger partial charge < -0.3 is 10.6 Å². The number of nitrogens with zero attached hydrogens (tertiary/aromatic N) is 3. The lowest BCUT2D eigenvalue weighted by Crippen LogP contribution is -2.31. The van der Waals surface area contributed by atoms with Gasteiger partial charge in [-0.3, -0.25) is 0 Å². The topological polar surface area (TPSA) is 55.0 Å². The molecule has 1 atom stereocenters. The number of hydrogen-bond acceptors (Lipinski definition) is 4. The molecule has 0 amide bonds. The predicted molar refractivity (Wildman–Crippen MR) is 71.5 cm³/mol. The first-order valence-corrected chi connectivity index (χ1v) is 6.00. The second kappa shape index (κ2) is 6.89. The Kier molecular flexibility index (Phi) is 5.82. The summed E-state index contributed by atoms with van der Waals surface area (Å²) in [6.07, 6.45) is 5.14. The monoisotopic (exact) mass is 256 g/mol. The van der Waals surface area contributed by atoms with Gasteiger partial charge in [-0.25, -0.2) is 9.97 Å². The zero-order chi connectivity index (χ0) is 11.4. The van der Waals surface area contributed by atoms with Crippen molar-refractivity contribution in [2.75, 3.05) is 26.7 Å². The Labute approximate surface area is 109 Å². The zero-order valence-corrected chi connectivity index (χ0v) is 11.1. The fourth-order valence-corrected chi connectivity index (χ4v) is 2.30. The van der Waals surface area contributed by atoms with Crippen molar-refractivity contribution in [1.82, 2.24) is 14.9 Å². The van der Waals surface area contributed by atoms with Gasteiger partial charge in [-0.2, -0.15) is 0 Å². The predicted octanol–water partition coefficient (Wildman–Crippen LogP) is 1.21. The molecule has 1 aliphatic heterocycles. The largest absolute Gasteiger partial charge is 0.330 e. The lowest BCUT2D eigenvalue weighted by molar-refractivity contribution is 0.248. The van der Waals surface area contributed by atoms with Crippen LogP contribution in [0.25, 0.3) is 0 Å². The summed E-state index contributed by atoms with van der Waals surface area (Å²) in [7, 11) is 2.17. The molecular formula is C12H21ClN4. The van der Waals surface area contributed by atoms with Crippen molar-refractivity contribution >= 4 is 12.4 Å². The number of nitrogens with two attached hydrogens (primary N) is 1. The van der Waals surface area contributed by atoms with Gasteiger partial charge in [-0.05, 0) is 39.0 Å². The Morgan fingerprint density at radius 2 is 2.35 bits per heavy atom. The number of rotatable bonds is 3. The summed E-state index contributed by atoms with van der Waals surface area (Å²) in [5.41, 5.74) is 6.71. The van der Waals surface area contributed by atoms with E-state index < -0.39 is 0 Å². The van der Waals surface area contributed by atoms with Crippen LogP contribution in [0.3, 0.4) is 0 Å². The average molecular weight is 257 g/mol. The Balaban J connectivity index is 0.00000144. The summed E-state index contributed by atoms with van der Waals surface area (Å²) in [5.74, 6) is 1.45. The van der Waals surface area contributed by atoms with Crippen molar-refractivity contribution in [2.45, 2.75) is 25.2 Å². The quantitative estimate of drug-likeness (QED) is 0.883. The molecule has 4 nitrogen and oxygen atoms in total. The number of likely N-dealkylation sites (N-methyl/N-ethyl adjacent to an activating group) is 1. The van der Waals surface area contributed by atoms with Gasteiger partial charge in [-0.1, -0.05) is 0 Å². The van der Waals surface area contributed by atoms with Gasteiger partial charge >= 0.3 is 0 Å². The molecule has 2 heterocycles. The molecule has 1 fully saturated rings. The smallest absolute Gasteiger partial charge is 0.129 e. The van der Waals surface area contributed by atoms with Gasteiger partial charge in [0, 0.05) is 30.8 Å². The molecule has 1 saturated heterocycles. The second-order valence-electron chi connectivity index (χ2n) is 4.54. The van der Waals surface area contributed by atoms with Crippen LogP contribution in [-0.4, -0.2) is 41.5 Å². The summed E-state index contributed by atoms with van der Waals surface area (Å²) in [4.78, 5) is 11.2.